The van der Waals surface area contributed by atoms with Crippen LogP contribution in [0.5, 0.6) is 0 Å². The molecule has 8 heteroatoms. The highest BCUT2D eigenvalue weighted by Gasteiger charge is 2.09. The summed E-state index contributed by atoms with van der Waals surface area (Å²) in [4.78, 5) is 27.2. The Bertz CT molecular complexity index is 984. The summed E-state index contributed by atoms with van der Waals surface area (Å²) in [6.07, 6.45) is 4.66. The lowest BCUT2D eigenvalue weighted by molar-refractivity contribution is -0.116. The number of carbonyl (C=O) groups excluding carboxylic acids is 2. The molecule has 0 bridgehead atoms. The molecule has 3 rings (SSSR count). The second kappa shape index (κ2) is 8.72. The van der Waals surface area contributed by atoms with Gasteiger partial charge in [0.2, 0.25) is 11.8 Å². The van der Waals surface area contributed by atoms with Crippen LogP contribution in [0.1, 0.15) is 12.0 Å². The van der Waals surface area contributed by atoms with E-state index in [1.54, 1.807) is 18.2 Å². The molecular weight excluding hydrogens is 361 g/mol. The number of nitrogens with one attached hydrogen (secondary N) is 2. The lowest BCUT2D eigenvalue weighted by Gasteiger charge is -2.08. The van der Waals surface area contributed by atoms with Crippen LogP contribution in [0, 0.1) is 5.82 Å². The lowest BCUT2D eigenvalue weighted by atomic mass is 10.1. The number of aryl methyl sites for hydroxylation is 1. The minimum atomic E-state index is -0.513. The van der Waals surface area contributed by atoms with Crippen LogP contribution in [0.4, 0.5) is 15.8 Å². The van der Waals surface area contributed by atoms with E-state index >= 15 is 0 Å². The van der Waals surface area contributed by atoms with Crippen molar-refractivity contribution < 1.29 is 14.0 Å². The minimum absolute atomic E-state index is 0.225. The molecule has 3 aromatic rings. The highest BCUT2D eigenvalue weighted by molar-refractivity contribution is 5.98. The van der Waals surface area contributed by atoms with Crippen molar-refractivity contribution in [1.82, 2.24) is 14.8 Å². The molecule has 2 aromatic carbocycles. The Balaban J connectivity index is 1.53. The number of aromatic nitrogens is 3. The van der Waals surface area contributed by atoms with E-state index in [0.717, 1.165) is 5.56 Å². The molecule has 28 heavy (non-hydrogen) atoms. The first-order valence-corrected chi connectivity index (χ1v) is 8.52. The van der Waals surface area contributed by atoms with E-state index < -0.39 is 5.82 Å². The van der Waals surface area contributed by atoms with Crippen LogP contribution in [0.15, 0.2) is 67.8 Å². The maximum atomic E-state index is 14.2. The molecule has 0 saturated carbocycles. The van der Waals surface area contributed by atoms with E-state index in [9.17, 15) is 14.0 Å². The smallest absolute Gasteiger partial charge is 0.247 e. The van der Waals surface area contributed by atoms with Crippen molar-refractivity contribution in [3.63, 3.8) is 0 Å². The van der Waals surface area contributed by atoms with E-state index in [4.69, 9.17) is 0 Å². The standard InChI is InChI=1S/C20H18FN5O2/c1-2-19(27)24-15-6-3-14(4-7-15)5-10-20(28)25-16-8-9-18(17(21)11-16)26-13-22-12-23-26/h2-4,6-9,11-13H,1,5,10H2,(H,24,27)(H,25,28). The molecule has 0 radical (unpaired) electrons. The molecular formula is C20H18FN5O2. The summed E-state index contributed by atoms with van der Waals surface area (Å²) in [5.41, 5.74) is 2.22. The monoisotopic (exact) mass is 379 g/mol. The number of amides is 2. The highest BCUT2D eigenvalue weighted by atomic mass is 19.1. The van der Waals surface area contributed by atoms with Gasteiger partial charge in [-0.3, -0.25) is 9.59 Å². The molecule has 0 aliphatic carbocycles. The van der Waals surface area contributed by atoms with Gasteiger partial charge < -0.3 is 10.6 Å². The predicted molar refractivity (Wildman–Crippen MR) is 104 cm³/mol. The third-order valence-corrected chi connectivity index (χ3v) is 3.94. The van der Waals surface area contributed by atoms with Gasteiger partial charge in [0.25, 0.3) is 0 Å². The number of halogens is 1. The van der Waals surface area contributed by atoms with Crippen LogP contribution in [0.3, 0.4) is 0 Å². The molecule has 0 atom stereocenters. The number of benzene rings is 2. The fourth-order valence-corrected chi connectivity index (χ4v) is 2.53. The van der Waals surface area contributed by atoms with E-state index in [-0.39, 0.29) is 23.9 Å². The first-order chi connectivity index (χ1) is 13.5. The summed E-state index contributed by atoms with van der Waals surface area (Å²) < 4.78 is 15.5. The number of anilines is 2. The van der Waals surface area contributed by atoms with Gasteiger partial charge in [0.05, 0.1) is 0 Å². The third-order valence-electron chi connectivity index (χ3n) is 3.94. The van der Waals surface area contributed by atoms with Crippen LogP contribution < -0.4 is 10.6 Å². The summed E-state index contributed by atoms with van der Waals surface area (Å²) in [6.45, 7) is 3.39. The number of nitrogens with zero attached hydrogens (tertiary/aromatic N) is 3. The molecule has 1 heterocycles. The van der Waals surface area contributed by atoms with Gasteiger partial charge in [-0.15, -0.1) is 0 Å². The van der Waals surface area contributed by atoms with Crippen molar-refractivity contribution in [2.45, 2.75) is 12.8 Å². The number of hydrogen-bond donors (Lipinski definition) is 2. The summed E-state index contributed by atoms with van der Waals surface area (Å²) in [5, 5.41) is 9.21. The average molecular weight is 379 g/mol. The highest BCUT2D eigenvalue weighted by Crippen LogP contribution is 2.18. The van der Waals surface area contributed by atoms with E-state index in [1.165, 1.54) is 35.5 Å². The van der Waals surface area contributed by atoms with Gasteiger partial charge in [-0.1, -0.05) is 18.7 Å². The summed E-state index contributed by atoms with van der Waals surface area (Å²) in [5.74, 6) is -1.02. The fourth-order valence-electron chi connectivity index (χ4n) is 2.53. The van der Waals surface area contributed by atoms with E-state index in [1.807, 2.05) is 12.1 Å². The van der Waals surface area contributed by atoms with Gasteiger partial charge in [-0.05, 0) is 48.4 Å². The van der Waals surface area contributed by atoms with Gasteiger partial charge in [-0.2, -0.15) is 5.10 Å². The molecule has 0 spiro atoms. The molecule has 0 fully saturated rings. The Morgan fingerprint density at radius 2 is 1.86 bits per heavy atom. The maximum absolute atomic E-state index is 14.2. The Morgan fingerprint density at radius 1 is 1.11 bits per heavy atom. The summed E-state index contributed by atoms with van der Waals surface area (Å²) in [7, 11) is 0. The zero-order valence-corrected chi connectivity index (χ0v) is 14.9. The van der Waals surface area contributed by atoms with Crippen molar-refractivity contribution in [3.05, 3.63) is 79.2 Å². The van der Waals surface area contributed by atoms with E-state index in [0.29, 0.717) is 17.8 Å². The van der Waals surface area contributed by atoms with Crippen molar-refractivity contribution >= 4 is 23.2 Å². The minimum Gasteiger partial charge on any atom is -0.326 e. The second-order valence-corrected chi connectivity index (χ2v) is 5.94. The van der Waals surface area contributed by atoms with E-state index in [2.05, 4.69) is 27.3 Å². The Hall–Kier alpha value is -3.81. The van der Waals surface area contributed by atoms with Gasteiger partial charge in [0, 0.05) is 17.8 Å². The number of rotatable bonds is 7. The molecule has 2 N–H and O–H groups in total. The van der Waals surface area contributed by atoms with Crippen molar-refractivity contribution in [3.8, 4) is 5.69 Å². The number of carbonyl (C=O) groups is 2. The molecule has 0 aliphatic rings. The third kappa shape index (κ3) is 4.88. The lowest BCUT2D eigenvalue weighted by Crippen LogP contribution is -2.13. The number of hydrogen-bond acceptors (Lipinski definition) is 4. The van der Waals surface area contributed by atoms with Crippen LogP contribution >= 0.6 is 0 Å². The average Bonchev–Trinajstić information content (AvgIpc) is 3.22. The topological polar surface area (TPSA) is 88.9 Å². The van der Waals surface area contributed by atoms with Gasteiger partial charge in [0.15, 0.2) is 5.82 Å². The molecule has 2 amide bonds. The molecule has 0 saturated heterocycles. The van der Waals surface area contributed by atoms with Gasteiger partial charge >= 0.3 is 0 Å². The Kier molecular flexibility index (Phi) is 5.91. The van der Waals surface area contributed by atoms with Crippen molar-refractivity contribution in [2.75, 3.05) is 10.6 Å². The molecule has 1 aromatic heterocycles. The fraction of sp³-hybridized carbons (Fsp3) is 0.100. The first-order valence-electron chi connectivity index (χ1n) is 8.52. The molecule has 0 unspecified atom stereocenters. The molecule has 7 nitrogen and oxygen atoms in total. The van der Waals surface area contributed by atoms with Crippen LogP contribution in [0.25, 0.3) is 5.69 Å². The first kappa shape index (κ1) is 19.0. The van der Waals surface area contributed by atoms with Crippen LogP contribution in [-0.2, 0) is 16.0 Å². The van der Waals surface area contributed by atoms with Gasteiger partial charge in [-0.25, -0.2) is 14.1 Å². The van der Waals surface area contributed by atoms with Crippen molar-refractivity contribution in [2.24, 2.45) is 0 Å². The zero-order chi connectivity index (χ0) is 19.9. The largest absolute Gasteiger partial charge is 0.326 e. The Morgan fingerprint density at radius 3 is 2.50 bits per heavy atom. The predicted octanol–water partition coefficient (Wildman–Crippen LogP) is 3.10. The maximum Gasteiger partial charge on any atom is 0.247 e. The molecule has 142 valence electrons. The summed E-state index contributed by atoms with van der Waals surface area (Å²) in [6, 6.07) is 11.5. The van der Waals surface area contributed by atoms with Crippen LogP contribution in [0.2, 0.25) is 0 Å². The second-order valence-electron chi connectivity index (χ2n) is 5.94. The quantitative estimate of drug-likeness (QED) is 0.618. The Labute approximate surface area is 160 Å². The van der Waals surface area contributed by atoms with Crippen molar-refractivity contribution in [1.29, 1.82) is 0 Å². The van der Waals surface area contributed by atoms with Crippen LogP contribution in [-0.4, -0.2) is 26.6 Å². The zero-order valence-electron chi connectivity index (χ0n) is 14.9. The summed E-state index contributed by atoms with van der Waals surface area (Å²) >= 11 is 0. The SMILES string of the molecule is C=CC(=O)Nc1ccc(CCC(=O)Nc2ccc(-n3cncn3)c(F)c2)cc1. The molecule has 0 aliphatic heterocycles. The normalized spacial score (nSPS) is 10.3. The van der Waals surface area contributed by atoms with Gasteiger partial charge in [0.1, 0.15) is 18.3 Å².